The molecule has 0 fully saturated rings. The summed E-state index contributed by atoms with van der Waals surface area (Å²) in [5.74, 6) is 1.92. The lowest BCUT2D eigenvalue weighted by Gasteiger charge is -2.09. The number of hydrogen-bond donors (Lipinski definition) is 2. The number of aromatic nitrogens is 5. The molecule has 2 N–H and O–H groups in total. The molecule has 0 radical (unpaired) electrons. The van der Waals surface area contributed by atoms with E-state index in [0.717, 1.165) is 45.1 Å². The summed E-state index contributed by atoms with van der Waals surface area (Å²) in [6.07, 6.45) is 0. The summed E-state index contributed by atoms with van der Waals surface area (Å²) in [6.45, 7) is 5.49. The largest absolute Gasteiger partial charge is 0.508 e. The summed E-state index contributed by atoms with van der Waals surface area (Å²) < 4.78 is 4.09. The van der Waals surface area contributed by atoms with Crippen molar-refractivity contribution in [2.75, 3.05) is 0 Å². The van der Waals surface area contributed by atoms with E-state index in [9.17, 15) is 10.2 Å². The fourth-order valence-electron chi connectivity index (χ4n) is 3.94. The van der Waals surface area contributed by atoms with Crippen LogP contribution in [0, 0.1) is 0 Å². The Morgan fingerprint density at radius 2 is 1.13 bits per heavy atom. The number of imidazole rings is 2. The second-order valence-electron chi connectivity index (χ2n) is 7.11. The number of rotatable bonds is 4. The van der Waals surface area contributed by atoms with Crippen molar-refractivity contribution in [3.05, 3.63) is 54.6 Å². The first-order chi connectivity index (χ1) is 14.6. The Morgan fingerprint density at radius 3 is 1.57 bits per heavy atom. The molecule has 7 nitrogen and oxygen atoms in total. The molecule has 0 atom stereocenters. The van der Waals surface area contributed by atoms with Gasteiger partial charge < -0.3 is 19.3 Å². The number of fused-ring (bicyclic) bond motifs is 2. The molecular weight excluding hydrogens is 378 g/mol. The van der Waals surface area contributed by atoms with Gasteiger partial charge in [0.05, 0.1) is 22.1 Å². The molecule has 150 valence electrons. The van der Waals surface area contributed by atoms with Crippen molar-refractivity contribution in [1.82, 2.24) is 24.1 Å². The van der Waals surface area contributed by atoms with E-state index in [-0.39, 0.29) is 11.5 Å². The zero-order valence-corrected chi connectivity index (χ0v) is 16.7. The van der Waals surface area contributed by atoms with Crippen LogP contribution in [0.5, 0.6) is 11.5 Å². The van der Waals surface area contributed by atoms with Crippen molar-refractivity contribution >= 4 is 22.1 Å². The molecule has 3 heterocycles. The molecule has 0 saturated heterocycles. The second kappa shape index (κ2) is 6.88. The van der Waals surface area contributed by atoms with Gasteiger partial charge in [0, 0.05) is 25.2 Å². The third kappa shape index (κ3) is 2.78. The maximum atomic E-state index is 9.88. The van der Waals surface area contributed by atoms with Crippen molar-refractivity contribution in [3.63, 3.8) is 0 Å². The lowest BCUT2D eigenvalue weighted by atomic mass is 10.2. The Bertz CT molecular complexity index is 1300. The van der Waals surface area contributed by atoms with Crippen LogP contribution in [0.3, 0.4) is 0 Å². The van der Waals surface area contributed by atoms with E-state index in [1.165, 1.54) is 0 Å². The number of hydrogen-bond acceptors (Lipinski definition) is 5. The molecule has 0 bridgehead atoms. The van der Waals surface area contributed by atoms with Gasteiger partial charge in [-0.05, 0) is 50.2 Å². The Balaban J connectivity index is 1.69. The summed E-state index contributed by atoms with van der Waals surface area (Å²) in [5, 5.41) is 19.8. The molecule has 0 amide bonds. The van der Waals surface area contributed by atoms with Crippen molar-refractivity contribution < 1.29 is 10.2 Å². The first-order valence-electron chi connectivity index (χ1n) is 9.95. The number of nitrogens with zero attached hydrogens (tertiary/aromatic N) is 5. The van der Waals surface area contributed by atoms with Crippen molar-refractivity contribution in [3.8, 4) is 34.5 Å². The van der Waals surface area contributed by atoms with E-state index < -0.39 is 0 Å². The van der Waals surface area contributed by atoms with E-state index in [1.54, 1.807) is 24.3 Å². The van der Waals surface area contributed by atoms with Gasteiger partial charge in [0.25, 0.3) is 0 Å². The van der Waals surface area contributed by atoms with Crippen LogP contribution >= 0.6 is 0 Å². The minimum Gasteiger partial charge on any atom is -0.508 e. The summed E-state index contributed by atoms with van der Waals surface area (Å²) in [4.78, 5) is 14.4. The number of aromatic hydroxyl groups is 2. The maximum Gasteiger partial charge on any atom is 0.159 e. The fourth-order valence-corrected chi connectivity index (χ4v) is 3.94. The summed E-state index contributed by atoms with van der Waals surface area (Å²) in [7, 11) is 0. The van der Waals surface area contributed by atoms with Gasteiger partial charge in [0.15, 0.2) is 11.6 Å². The monoisotopic (exact) mass is 399 g/mol. The van der Waals surface area contributed by atoms with E-state index in [2.05, 4.69) is 0 Å². The molecule has 0 unspecified atom stereocenters. The van der Waals surface area contributed by atoms with Gasteiger partial charge in [-0.3, -0.25) is 0 Å². The maximum absolute atomic E-state index is 9.88. The number of benzene rings is 2. The molecule has 0 aliphatic heterocycles. The van der Waals surface area contributed by atoms with Gasteiger partial charge in [-0.2, -0.15) is 0 Å². The fraction of sp³-hybridized carbons (Fsp3) is 0.174. The third-order valence-electron chi connectivity index (χ3n) is 5.30. The lowest BCUT2D eigenvalue weighted by Crippen LogP contribution is -2.02. The molecule has 30 heavy (non-hydrogen) atoms. The van der Waals surface area contributed by atoms with Gasteiger partial charge in [-0.15, -0.1) is 0 Å². The third-order valence-corrected chi connectivity index (χ3v) is 5.30. The SMILES string of the molecule is CCn1c(-c2cccc(-c3nc4ccc(O)cc4n3CC)n2)nc2ccc(O)cc21. The van der Waals surface area contributed by atoms with Crippen molar-refractivity contribution in [2.45, 2.75) is 26.9 Å². The van der Waals surface area contributed by atoms with Crippen LogP contribution in [-0.4, -0.2) is 34.3 Å². The highest BCUT2D eigenvalue weighted by Crippen LogP contribution is 2.30. The molecule has 2 aromatic carbocycles. The molecule has 0 aliphatic carbocycles. The Labute approximate surface area is 172 Å². The normalized spacial score (nSPS) is 11.5. The summed E-state index contributed by atoms with van der Waals surface area (Å²) >= 11 is 0. The van der Waals surface area contributed by atoms with E-state index in [0.29, 0.717) is 13.1 Å². The van der Waals surface area contributed by atoms with E-state index in [4.69, 9.17) is 15.0 Å². The minimum absolute atomic E-state index is 0.213. The smallest absolute Gasteiger partial charge is 0.159 e. The Hall–Kier alpha value is -3.87. The first-order valence-corrected chi connectivity index (χ1v) is 9.95. The zero-order chi connectivity index (χ0) is 20.8. The van der Waals surface area contributed by atoms with Gasteiger partial charge in [0.1, 0.15) is 22.9 Å². The van der Waals surface area contributed by atoms with E-state index >= 15 is 0 Å². The van der Waals surface area contributed by atoms with Crippen LogP contribution in [0.15, 0.2) is 54.6 Å². The zero-order valence-electron chi connectivity index (χ0n) is 16.7. The van der Waals surface area contributed by atoms with Crippen LogP contribution < -0.4 is 0 Å². The average Bonchev–Trinajstić information content (AvgIpc) is 3.31. The van der Waals surface area contributed by atoms with Crippen LogP contribution in [0.1, 0.15) is 13.8 Å². The van der Waals surface area contributed by atoms with Crippen LogP contribution in [0.2, 0.25) is 0 Å². The number of phenols is 2. The molecule has 0 spiro atoms. The molecule has 5 rings (SSSR count). The standard InChI is InChI=1S/C23H21N5O2/c1-3-27-20-12-14(29)8-10-16(20)25-22(27)18-6-5-7-19(24-18)23-26-17-11-9-15(30)13-21(17)28(23)4-2/h5-13,29-30H,3-4H2,1-2H3. The second-order valence-corrected chi connectivity index (χ2v) is 7.11. The summed E-state index contributed by atoms with van der Waals surface area (Å²) in [5.41, 5.74) is 4.85. The van der Waals surface area contributed by atoms with Gasteiger partial charge in [-0.25, -0.2) is 15.0 Å². The molecule has 0 saturated carbocycles. The highest BCUT2D eigenvalue weighted by Gasteiger charge is 2.17. The highest BCUT2D eigenvalue weighted by molar-refractivity contribution is 5.83. The Morgan fingerprint density at radius 1 is 0.667 bits per heavy atom. The minimum atomic E-state index is 0.213. The first kappa shape index (κ1) is 18.2. The number of pyridine rings is 1. The van der Waals surface area contributed by atoms with Crippen molar-refractivity contribution in [1.29, 1.82) is 0 Å². The quantitative estimate of drug-likeness (QED) is 0.462. The molecule has 5 aromatic rings. The van der Waals surface area contributed by atoms with Crippen LogP contribution in [0.25, 0.3) is 45.1 Å². The molecule has 7 heteroatoms. The molecule has 3 aromatic heterocycles. The van der Waals surface area contributed by atoms with Crippen molar-refractivity contribution in [2.24, 2.45) is 0 Å². The summed E-state index contributed by atoms with van der Waals surface area (Å²) in [6, 6.07) is 16.2. The van der Waals surface area contributed by atoms with Gasteiger partial charge in [-0.1, -0.05) is 6.07 Å². The average molecular weight is 399 g/mol. The Kier molecular flexibility index (Phi) is 4.17. The van der Waals surface area contributed by atoms with Crippen LogP contribution in [0.4, 0.5) is 0 Å². The van der Waals surface area contributed by atoms with Gasteiger partial charge >= 0.3 is 0 Å². The predicted molar refractivity (Wildman–Crippen MR) is 116 cm³/mol. The lowest BCUT2D eigenvalue weighted by molar-refractivity contribution is 0.475. The molecular formula is C23H21N5O2. The molecule has 0 aliphatic rings. The van der Waals surface area contributed by atoms with Crippen LogP contribution in [-0.2, 0) is 13.1 Å². The topological polar surface area (TPSA) is 89.0 Å². The predicted octanol–water partition coefficient (Wildman–Crippen LogP) is 4.57. The number of aryl methyl sites for hydroxylation is 2. The van der Waals surface area contributed by atoms with E-state index in [1.807, 2.05) is 53.3 Å². The number of phenolic OH excluding ortho intramolecular Hbond substituents is 2. The van der Waals surface area contributed by atoms with Gasteiger partial charge in [0.2, 0.25) is 0 Å². The highest BCUT2D eigenvalue weighted by atomic mass is 16.3.